The standard InChI is InChI=1S/C10H20O3/c1-7(6-11)10-4-3-9(13-10)5-8(2)12/h7-12H,3-6H2,1-2H3/t7-,8-,9-,10+/m1/s1. The minimum absolute atomic E-state index is 0.187. The molecule has 13 heavy (non-hydrogen) atoms. The van der Waals surface area contributed by atoms with E-state index in [1.165, 1.54) is 0 Å². The molecule has 0 amide bonds. The summed E-state index contributed by atoms with van der Waals surface area (Å²) >= 11 is 0. The van der Waals surface area contributed by atoms with Gasteiger partial charge >= 0.3 is 0 Å². The zero-order chi connectivity index (χ0) is 9.84. The first kappa shape index (κ1) is 11.0. The first-order valence-electron chi connectivity index (χ1n) is 5.08. The van der Waals surface area contributed by atoms with Gasteiger partial charge in [0.2, 0.25) is 0 Å². The van der Waals surface area contributed by atoms with Gasteiger partial charge in [0.25, 0.3) is 0 Å². The van der Waals surface area contributed by atoms with E-state index in [0.29, 0.717) is 6.42 Å². The van der Waals surface area contributed by atoms with Crippen LogP contribution in [0.15, 0.2) is 0 Å². The van der Waals surface area contributed by atoms with Crippen LogP contribution in [-0.2, 0) is 4.74 Å². The van der Waals surface area contributed by atoms with Crippen molar-refractivity contribution in [3.05, 3.63) is 0 Å². The summed E-state index contributed by atoms with van der Waals surface area (Å²) in [6, 6.07) is 0. The van der Waals surface area contributed by atoms with Gasteiger partial charge in [-0.15, -0.1) is 0 Å². The summed E-state index contributed by atoms with van der Waals surface area (Å²) in [5.74, 6) is 0.221. The maximum absolute atomic E-state index is 9.17. The summed E-state index contributed by atoms with van der Waals surface area (Å²) < 4.78 is 5.70. The highest BCUT2D eigenvalue weighted by Crippen LogP contribution is 2.27. The Kier molecular flexibility index (Phi) is 4.16. The largest absolute Gasteiger partial charge is 0.396 e. The van der Waals surface area contributed by atoms with Gasteiger partial charge in [-0.05, 0) is 26.2 Å². The SMILES string of the molecule is C[C@H](CO)[C@@H]1CC[C@H](C[C@@H](C)O)O1. The average Bonchev–Trinajstić information content (AvgIpc) is 2.50. The Hall–Kier alpha value is -0.120. The Morgan fingerprint density at radius 3 is 2.62 bits per heavy atom. The molecule has 78 valence electrons. The van der Waals surface area contributed by atoms with Crippen LogP contribution in [0.3, 0.4) is 0 Å². The van der Waals surface area contributed by atoms with Gasteiger partial charge in [-0.25, -0.2) is 0 Å². The van der Waals surface area contributed by atoms with E-state index in [1.807, 2.05) is 6.92 Å². The summed E-state index contributed by atoms with van der Waals surface area (Å²) in [7, 11) is 0. The molecule has 4 atom stereocenters. The topological polar surface area (TPSA) is 49.7 Å². The van der Waals surface area contributed by atoms with E-state index in [2.05, 4.69) is 0 Å². The van der Waals surface area contributed by atoms with Crippen molar-refractivity contribution in [1.29, 1.82) is 0 Å². The predicted octanol–water partition coefficient (Wildman–Crippen LogP) is 0.933. The second-order valence-electron chi connectivity index (χ2n) is 4.12. The summed E-state index contributed by atoms with van der Waals surface area (Å²) in [5.41, 5.74) is 0. The lowest BCUT2D eigenvalue weighted by molar-refractivity contribution is -0.0174. The maximum Gasteiger partial charge on any atom is 0.0627 e. The van der Waals surface area contributed by atoms with Crippen LogP contribution in [0.5, 0.6) is 0 Å². The quantitative estimate of drug-likeness (QED) is 0.690. The van der Waals surface area contributed by atoms with Crippen LogP contribution in [0, 0.1) is 5.92 Å². The van der Waals surface area contributed by atoms with Gasteiger partial charge in [0.05, 0.1) is 18.3 Å². The van der Waals surface area contributed by atoms with Crippen molar-refractivity contribution >= 4 is 0 Å². The van der Waals surface area contributed by atoms with E-state index in [-0.39, 0.29) is 30.8 Å². The van der Waals surface area contributed by atoms with E-state index in [9.17, 15) is 0 Å². The lowest BCUT2D eigenvalue weighted by Gasteiger charge is -2.18. The van der Waals surface area contributed by atoms with Crippen molar-refractivity contribution in [2.45, 2.75) is 51.4 Å². The van der Waals surface area contributed by atoms with E-state index < -0.39 is 0 Å². The highest BCUT2D eigenvalue weighted by Gasteiger charge is 2.29. The van der Waals surface area contributed by atoms with Gasteiger partial charge in [-0.2, -0.15) is 0 Å². The van der Waals surface area contributed by atoms with Gasteiger partial charge in [0, 0.05) is 12.5 Å². The zero-order valence-corrected chi connectivity index (χ0v) is 8.44. The normalized spacial score (nSPS) is 33.2. The van der Waals surface area contributed by atoms with Crippen molar-refractivity contribution in [2.75, 3.05) is 6.61 Å². The summed E-state index contributed by atoms with van der Waals surface area (Å²) in [6.45, 7) is 3.97. The van der Waals surface area contributed by atoms with Gasteiger partial charge in [-0.3, -0.25) is 0 Å². The first-order chi connectivity index (χ1) is 6.13. The molecule has 3 heteroatoms. The fourth-order valence-corrected chi connectivity index (χ4v) is 1.82. The van der Waals surface area contributed by atoms with Gasteiger partial charge in [0.1, 0.15) is 0 Å². The van der Waals surface area contributed by atoms with Gasteiger partial charge in [0.15, 0.2) is 0 Å². The average molecular weight is 188 g/mol. The lowest BCUT2D eigenvalue weighted by atomic mass is 10.0. The molecule has 1 heterocycles. The van der Waals surface area contributed by atoms with Crippen LogP contribution in [0.4, 0.5) is 0 Å². The minimum Gasteiger partial charge on any atom is -0.396 e. The number of aliphatic hydroxyl groups is 2. The van der Waals surface area contributed by atoms with Crippen molar-refractivity contribution in [3.63, 3.8) is 0 Å². The van der Waals surface area contributed by atoms with Crippen LogP contribution in [0.25, 0.3) is 0 Å². The fraction of sp³-hybridized carbons (Fsp3) is 1.00. The third-order valence-corrected chi connectivity index (χ3v) is 2.67. The zero-order valence-electron chi connectivity index (χ0n) is 8.44. The monoisotopic (exact) mass is 188 g/mol. The number of aliphatic hydroxyl groups excluding tert-OH is 2. The Bertz CT molecular complexity index is 147. The number of hydrogen-bond donors (Lipinski definition) is 2. The molecule has 0 aromatic carbocycles. The van der Waals surface area contributed by atoms with E-state index in [1.54, 1.807) is 6.92 Å². The summed E-state index contributed by atoms with van der Waals surface area (Å²) in [6.07, 6.45) is 2.84. The molecule has 1 fully saturated rings. The second kappa shape index (κ2) is 4.94. The van der Waals surface area contributed by atoms with Crippen molar-refractivity contribution in [3.8, 4) is 0 Å². The van der Waals surface area contributed by atoms with Crippen LogP contribution in [-0.4, -0.2) is 35.1 Å². The smallest absolute Gasteiger partial charge is 0.0627 e. The molecule has 1 rings (SSSR count). The molecular weight excluding hydrogens is 168 g/mol. The lowest BCUT2D eigenvalue weighted by Crippen LogP contribution is -2.23. The molecule has 1 aliphatic heterocycles. The Morgan fingerprint density at radius 1 is 1.38 bits per heavy atom. The number of hydrogen-bond acceptors (Lipinski definition) is 3. The molecule has 0 spiro atoms. The predicted molar refractivity (Wildman–Crippen MR) is 50.4 cm³/mol. The Balaban J connectivity index is 2.27. The van der Waals surface area contributed by atoms with E-state index >= 15 is 0 Å². The second-order valence-corrected chi connectivity index (χ2v) is 4.12. The molecule has 3 nitrogen and oxygen atoms in total. The Morgan fingerprint density at radius 2 is 2.08 bits per heavy atom. The maximum atomic E-state index is 9.17. The molecule has 0 aliphatic carbocycles. The van der Waals surface area contributed by atoms with Crippen LogP contribution in [0.2, 0.25) is 0 Å². The Labute approximate surface area is 79.7 Å². The summed E-state index contributed by atoms with van der Waals surface area (Å²) in [5, 5.41) is 18.1. The van der Waals surface area contributed by atoms with Crippen molar-refractivity contribution < 1.29 is 14.9 Å². The molecular formula is C10H20O3. The molecule has 1 aliphatic rings. The molecule has 1 saturated heterocycles. The highest BCUT2D eigenvalue weighted by atomic mass is 16.5. The molecule has 0 aromatic rings. The van der Waals surface area contributed by atoms with Crippen LogP contribution >= 0.6 is 0 Å². The van der Waals surface area contributed by atoms with Crippen molar-refractivity contribution in [1.82, 2.24) is 0 Å². The molecule has 0 saturated carbocycles. The summed E-state index contributed by atoms with van der Waals surface area (Å²) in [4.78, 5) is 0. The molecule has 2 N–H and O–H groups in total. The van der Waals surface area contributed by atoms with Crippen LogP contribution < -0.4 is 0 Å². The highest BCUT2D eigenvalue weighted by molar-refractivity contribution is 4.78. The number of rotatable bonds is 4. The van der Waals surface area contributed by atoms with Crippen LogP contribution in [0.1, 0.15) is 33.1 Å². The third kappa shape index (κ3) is 3.25. The van der Waals surface area contributed by atoms with E-state index in [4.69, 9.17) is 14.9 Å². The van der Waals surface area contributed by atoms with Crippen molar-refractivity contribution in [2.24, 2.45) is 5.92 Å². The molecule has 0 bridgehead atoms. The van der Waals surface area contributed by atoms with E-state index in [0.717, 1.165) is 12.8 Å². The minimum atomic E-state index is -0.284. The fourth-order valence-electron chi connectivity index (χ4n) is 1.82. The number of ether oxygens (including phenoxy) is 1. The molecule has 0 unspecified atom stereocenters. The van der Waals surface area contributed by atoms with Gasteiger partial charge in [-0.1, -0.05) is 6.92 Å². The third-order valence-electron chi connectivity index (χ3n) is 2.67. The first-order valence-corrected chi connectivity index (χ1v) is 5.08. The molecule has 0 aromatic heterocycles. The van der Waals surface area contributed by atoms with Gasteiger partial charge < -0.3 is 14.9 Å². The molecule has 0 radical (unpaired) electrons.